The van der Waals surface area contributed by atoms with E-state index in [-0.39, 0.29) is 0 Å². The Morgan fingerprint density at radius 1 is 1.90 bits per heavy atom. The molecule has 54 valence electrons. The van der Waals surface area contributed by atoms with Crippen LogP contribution in [0, 0.1) is 0 Å². The van der Waals surface area contributed by atoms with Crippen molar-refractivity contribution >= 4 is 5.70 Å². The van der Waals surface area contributed by atoms with Crippen LogP contribution in [0.2, 0.25) is 0 Å². The highest BCUT2D eigenvalue weighted by molar-refractivity contribution is 5.35. The second-order valence-corrected chi connectivity index (χ2v) is 2.09. The van der Waals surface area contributed by atoms with Crippen molar-refractivity contribution in [3.05, 3.63) is 18.5 Å². The zero-order chi connectivity index (χ0) is 7.56. The average Bonchev–Trinajstić information content (AvgIpc) is 2.34. The number of allylic oxidation sites excluding steroid dienone is 1. The first kappa shape index (κ1) is 6.95. The van der Waals surface area contributed by atoms with Crippen LogP contribution >= 0.6 is 0 Å². The number of hydrogen-bond donors (Lipinski definition) is 1. The minimum Gasteiger partial charge on any atom is -0.325 e. The summed E-state index contributed by atoms with van der Waals surface area (Å²) in [5.74, 6) is 0. The first-order chi connectivity index (χ1) is 4.74. The summed E-state index contributed by atoms with van der Waals surface area (Å²) in [7, 11) is 0. The summed E-state index contributed by atoms with van der Waals surface area (Å²) in [5.41, 5.74) is 6.94. The van der Waals surface area contributed by atoms with Crippen LogP contribution in [0.15, 0.2) is 12.8 Å². The van der Waals surface area contributed by atoms with E-state index in [4.69, 9.17) is 5.73 Å². The molecular weight excluding hydrogens is 128 g/mol. The summed E-state index contributed by atoms with van der Waals surface area (Å²) in [6.45, 7) is 5.97. The van der Waals surface area contributed by atoms with Crippen molar-refractivity contribution < 1.29 is 0 Å². The maximum absolute atomic E-state index is 5.32. The van der Waals surface area contributed by atoms with Gasteiger partial charge in [0, 0.05) is 12.2 Å². The van der Waals surface area contributed by atoms with Gasteiger partial charge in [-0.15, -0.1) is 5.10 Å². The molecule has 1 heterocycles. The summed E-state index contributed by atoms with van der Waals surface area (Å²) in [5, 5.41) is 7.56. The van der Waals surface area contributed by atoms with Gasteiger partial charge in [0.05, 0.1) is 11.9 Å². The molecule has 0 saturated heterocycles. The molecule has 0 aliphatic rings. The third-order valence-electron chi connectivity index (χ3n) is 1.14. The molecule has 0 radical (unpaired) electrons. The highest BCUT2D eigenvalue weighted by Gasteiger charge is 1.96. The van der Waals surface area contributed by atoms with E-state index in [2.05, 4.69) is 16.9 Å². The minimum atomic E-state index is 0.424. The largest absolute Gasteiger partial charge is 0.325 e. The monoisotopic (exact) mass is 138 g/mol. The maximum atomic E-state index is 5.32. The highest BCUT2D eigenvalue weighted by atomic mass is 15.4. The Balaban J connectivity index is 2.88. The Morgan fingerprint density at radius 2 is 2.60 bits per heavy atom. The molecule has 0 aromatic carbocycles. The normalized spacial score (nSPS) is 9.80. The van der Waals surface area contributed by atoms with Crippen LogP contribution in [-0.4, -0.2) is 15.0 Å². The number of rotatable bonds is 2. The van der Waals surface area contributed by atoms with Crippen molar-refractivity contribution in [2.24, 2.45) is 5.73 Å². The third-order valence-corrected chi connectivity index (χ3v) is 1.14. The van der Waals surface area contributed by atoms with Crippen LogP contribution < -0.4 is 5.73 Å². The van der Waals surface area contributed by atoms with E-state index in [9.17, 15) is 0 Å². The zero-order valence-corrected chi connectivity index (χ0v) is 5.91. The molecular formula is C6H10N4. The second-order valence-electron chi connectivity index (χ2n) is 2.09. The number of nitrogens with two attached hydrogens (primary N) is 1. The van der Waals surface area contributed by atoms with Gasteiger partial charge in [0.25, 0.3) is 0 Å². The molecule has 0 saturated carbocycles. The second kappa shape index (κ2) is 2.62. The van der Waals surface area contributed by atoms with Crippen molar-refractivity contribution in [1.29, 1.82) is 0 Å². The van der Waals surface area contributed by atoms with Crippen LogP contribution in [0.5, 0.6) is 0 Å². The maximum Gasteiger partial charge on any atom is 0.0967 e. The molecule has 0 atom stereocenters. The topological polar surface area (TPSA) is 56.7 Å². The average molecular weight is 138 g/mol. The smallest absolute Gasteiger partial charge is 0.0967 e. The van der Waals surface area contributed by atoms with Gasteiger partial charge in [-0.1, -0.05) is 11.8 Å². The zero-order valence-electron chi connectivity index (χ0n) is 5.91. The fourth-order valence-electron chi connectivity index (χ4n) is 0.578. The number of hydrogen-bond acceptors (Lipinski definition) is 3. The number of nitrogens with zero attached hydrogens (tertiary/aromatic N) is 3. The summed E-state index contributed by atoms with van der Waals surface area (Å²) in [4.78, 5) is 0. The van der Waals surface area contributed by atoms with Crippen molar-refractivity contribution in [2.75, 3.05) is 0 Å². The molecule has 0 unspecified atom stereocenters. The van der Waals surface area contributed by atoms with Gasteiger partial charge < -0.3 is 5.73 Å². The van der Waals surface area contributed by atoms with E-state index in [0.717, 1.165) is 11.4 Å². The summed E-state index contributed by atoms with van der Waals surface area (Å²) < 4.78 is 1.60. The van der Waals surface area contributed by atoms with Crippen LogP contribution in [0.1, 0.15) is 12.6 Å². The Labute approximate surface area is 59.3 Å². The molecule has 10 heavy (non-hydrogen) atoms. The van der Waals surface area contributed by atoms with Gasteiger partial charge in [-0.2, -0.15) is 0 Å². The summed E-state index contributed by atoms with van der Waals surface area (Å²) >= 11 is 0. The van der Waals surface area contributed by atoms with E-state index >= 15 is 0 Å². The highest BCUT2D eigenvalue weighted by Crippen LogP contribution is 1.97. The third kappa shape index (κ3) is 1.22. The molecule has 4 heteroatoms. The first-order valence-electron chi connectivity index (χ1n) is 3.01. The fraction of sp³-hybridized carbons (Fsp3) is 0.333. The lowest BCUT2D eigenvalue weighted by Gasteiger charge is -1.92. The lowest BCUT2D eigenvalue weighted by molar-refractivity contribution is 0.808. The lowest BCUT2D eigenvalue weighted by atomic mass is 10.5. The summed E-state index contributed by atoms with van der Waals surface area (Å²) in [6.07, 6.45) is 1.77. The van der Waals surface area contributed by atoms with Gasteiger partial charge in [0.15, 0.2) is 0 Å². The van der Waals surface area contributed by atoms with Gasteiger partial charge in [-0.05, 0) is 6.92 Å². The Kier molecular flexibility index (Phi) is 1.82. The Bertz CT molecular complexity index is 238. The first-order valence-corrected chi connectivity index (χ1v) is 3.01. The van der Waals surface area contributed by atoms with Gasteiger partial charge in [-0.3, -0.25) is 0 Å². The van der Waals surface area contributed by atoms with E-state index in [1.54, 1.807) is 10.9 Å². The predicted molar refractivity (Wildman–Crippen MR) is 38.9 cm³/mol. The minimum absolute atomic E-state index is 0.424. The van der Waals surface area contributed by atoms with E-state index in [0.29, 0.717) is 6.54 Å². The molecule has 0 bridgehead atoms. The van der Waals surface area contributed by atoms with Crippen molar-refractivity contribution in [2.45, 2.75) is 13.5 Å². The van der Waals surface area contributed by atoms with Crippen LogP contribution in [0.3, 0.4) is 0 Å². The molecule has 0 spiro atoms. The number of aromatic nitrogens is 3. The van der Waals surface area contributed by atoms with Gasteiger partial charge in [0.2, 0.25) is 0 Å². The lowest BCUT2D eigenvalue weighted by Crippen LogP contribution is -1.95. The molecule has 1 aromatic heterocycles. The molecule has 2 N–H and O–H groups in total. The van der Waals surface area contributed by atoms with Crippen molar-refractivity contribution in [3.8, 4) is 0 Å². The predicted octanol–water partition coefficient (Wildman–Crippen LogP) is 0.227. The Morgan fingerprint density at radius 3 is 2.90 bits per heavy atom. The fourth-order valence-corrected chi connectivity index (χ4v) is 0.578. The van der Waals surface area contributed by atoms with Crippen LogP contribution in [-0.2, 0) is 6.54 Å². The van der Waals surface area contributed by atoms with E-state index in [1.807, 2.05) is 6.92 Å². The van der Waals surface area contributed by atoms with Crippen molar-refractivity contribution in [3.63, 3.8) is 0 Å². The van der Waals surface area contributed by atoms with Gasteiger partial charge in [0.1, 0.15) is 0 Å². The van der Waals surface area contributed by atoms with Gasteiger partial charge >= 0.3 is 0 Å². The molecule has 0 amide bonds. The van der Waals surface area contributed by atoms with Gasteiger partial charge in [-0.25, -0.2) is 4.68 Å². The van der Waals surface area contributed by atoms with Crippen molar-refractivity contribution in [1.82, 2.24) is 15.0 Å². The molecule has 0 aliphatic heterocycles. The Hall–Kier alpha value is -1.16. The molecule has 0 fully saturated rings. The standard InChI is InChI=1S/C6H10N4/c1-5(2)10-4-6(3-7)8-9-10/h4H,1,3,7H2,2H3. The quantitative estimate of drug-likeness (QED) is 0.636. The van der Waals surface area contributed by atoms with Crippen LogP contribution in [0.25, 0.3) is 5.70 Å². The van der Waals surface area contributed by atoms with E-state index < -0.39 is 0 Å². The summed E-state index contributed by atoms with van der Waals surface area (Å²) in [6, 6.07) is 0. The van der Waals surface area contributed by atoms with E-state index in [1.165, 1.54) is 0 Å². The molecule has 0 aliphatic carbocycles. The molecule has 1 rings (SSSR count). The SMILES string of the molecule is C=C(C)n1cc(CN)nn1. The van der Waals surface area contributed by atoms with Crippen LogP contribution in [0.4, 0.5) is 0 Å². The molecule has 4 nitrogen and oxygen atoms in total. The molecule has 1 aromatic rings.